The van der Waals surface area contributed by atoms with Crippen LogP contribution in [0.4, 0.5) is 0 Å². The van der Waals surface area contributed by atoms with Crippen LogP contribution >= 0.6 is 0 Å². The third kappa shape index (κ3) is 5.20. The molecule has 15 heavy (non-hydrogen) atoms. The van der Waals surface area contributed by atoms with Crippen LogP contribution in [-0.4, -0.2) is 23.9 Å². The van der Waals surface area contributed by atoms with Crippen molar-refractivity contribution in [3.8, 4) is 11.8 Å². The first kappa shape index (κ1) is 12.5. The molecule has 0 aromatic rings. The molecule has 0 amide bonds. The Labute approximate surface area is 93.0 Å². The average Bonchev–Trinajstić information content (AvgIpc) is 2.24. The second-order valence-electron chi connectivity index (χ2n) is 4.30. The minimum absolute atomic E-state index is 0.461. The van der Waals surface area contributed by atoms with Gasteiger partial charge in [0.15, 0.2) is 0 Å². The van der Waals surface area contributed by atoms with E-state index in [1.54, 1.807) is 0 Å². The average molecular weight is 210 g/mol. The summed E-state index contributed by atoms with van der Waals surface area (Å²) >= 11 is 0. The van der Waals surface area contributed by atoms with Gasteiger partial charge in [-0.15, -0.1) is 0 Å². The zero-order valence-electron chi connectivity index (χ0n) is 9.72. The lowest BCUT2D eigenvalue weighted by Crippen LogP contribution is -2.29. The van der Waals surface area contributed by atoms with Crippen molar-refractivity contribution in [1.82, 2.24) is 0 Å². The quantitative estimate of drug-likeness (QED) is 0.570. The molecule has 0 heterocycles. The van der Waals surface area contributed by atoms with E-state index in [0.29, 0.717) is 6.61 Å². The van der Waals surface area contributed by atoms with Crippen LogP contribution < -0.4 is 0 Å². The molecule has 0 saturated heterocycles. The Kier molecular flexibility index (Phi) is 5.75. The maximum atomic E-state index is 10.0. The molecule has 1 N–H and O–H groups in total. The Morgan fingerprint density at radius 3 is 2.67 bits per heavy atom. The Balaban J connectivity index is 2.17. The van der Waals surface area contributed by atoms with E-state index in [0.717, 1.165) is 45.1 Å². The molecular formula is C13H22O2. The lowest BCUT2D eigenvalue weighted by Gasteiger charge is -2.26. The van der Waals surface area contributed by atoms with Gasteiger partial charge in [-0.25, -0.2) is 0 Å². The molecular weight excluding hydrogens is 188 g/mol. The van der Waals surface area contributed by atoms with E-state index in [-0.39, 0.29) is 0 Å². The lowest BCUT2D eigenvalue weighted by molar-refractivity contribution is 0.0605. The fourth-order valence-corrected chi connectivity index (χ4v) is 1.83. The largest absolute Gasteiger partial charge is 0.378 e. The highest BCUT2D eigenvalue weighted by molar-refractivity contribution is 5.14. The molecule has 1 aliphatic rings. The lowest BCUT2D eigenvalue weighted by atomic mass is 9.85. The molecule has 2 nitrogen and oxygen atoms in total. The highest BCUT2D eigenvalue weighted by Gasteiger charge is 2.26. The SMILES string of the molecule is CCCCOCC#CC1(O)CCCCC1. The number of rotatable bonds is 4. The van der Waals surface area contributed by atoms with Crippen molar-refractivity contribution in [2.45, 2.75) is 57.5 Å². The van der Waals surface area contributed by atoms with E-state index in [2.05, 4.69) is 18.8 Å². The molecule has 1 saturated carbocycles. The number of hydrogen-bond acceptors (Lipinski definition) is 2. The monoisotopic (exact) mass is 210 g/mol. The van der Waals surface area contributed by atoms with Crippen LogP contribution in [0.3, 0.4) is 0 Å². The van der Waals surface area contributed by atoms with Gasteiger partial charge in [-0.1, -0.05) is 31.6 Å². The Bertz CT molecular complexity index is 218. The fraction of sp³-hybridized carbons (Fsp3) is 0.846. The Morgan fingerprint density at radius 2 is 2.00 bits per heavy atom. The van der Waals surface area contributed by atoms with Crippen LogP contribution in [0.1, 0.15) is 51.9 Å². The topological polar surface area (TPSA) is 29.5 Å². The molecule has 0 radical (unpaired) electrons. The number of ether oxygens (including phenoxy) is 1. The van der Waals surface area contributed by atoms with Gasteiger partial charge in [0.1, 0.15) is 12.2 Å². The molecule has 2 heteroatoms. The van der Waals surface area contributed by atoms with Crippen LogP contribution in [0, 0.1) is 11.8 Å². The zero-order chi connectivity index (χ0) is 11.0. The minimum atomic E-state index is -0.716. The molecule has 0 aromatic carbocycles. The van der Waals surface area contributed by atoms with Gasteiger partial charge in [-0.3, -0.25) is 0 Å². The molecule has 0 aromatic heterocycles. The summed E-state index contributed by atoms with van der Waals surface area (Å²) in [5, 5.41) is 10.0. The van der Waals surface area contributed by atoms with E-state index in [9.17, 15) is 5.11 Å². The van der Waals surface area contributed by atoms with Crippen molar-refractivity contribution in [2.75, 3.05) is 13.2 Å². The van der Waals surface area contributed by atoms with Gasteiger partial charge < -0.3 is 9.84 Å². The third-order valence-electron chi connectivity index (χ3n) is 2.82. The Hall–Kier alpha value is -0.520. The zero-order valence-corrected chi connectivity index (χ0v) is 9.72. The summed E-state index contributed by atoms with van der Waals surface area (Å²) in [6.07, 6.45) is 7.33. The first-order valence-corrected chi connectivity index (χ1v) is 6.07. The predicted octanol–water partition coefficient (Wildman–Crippen LogP) is 2.50. The van der Waals surface area contributed by atoms with E-state index in [1.807, 2.05) is 0 Å². The standard InChI is InChI=1S/C13H22O2/c1-2-3-11-15-12-7-10-13(14)8-5-4-6-9-13/h14H,2-6,8-9,11-12H2,1H3. The summed E-state index contributed by atoms with van der Waals surface area (Å²) in [5.41, 5.74) is -0.716. The van der Waals surface area contributed by atoms with Crippen molar-refractivity contribution in [3.63, 3.8) is 0 Å². The molecule has 1 aliphatic carbocycles. The molecule has 0 bridgehead atoms. The second-order valence-corrected chi connectivity index (χ2v) is 4.30. The van der Waals surface area contributed by atoms with E-state index >= 15 is 0 Å². The molecule has 0 unspecified atom stereocenters. The summed E-state index contributed by atoms with van der Waals surface area (Å²) < 4.78 is 5.33. The minimum Gasteiger partial charge on any atom is -0.378 e. The van der Waals surface area contributed by atoms with Gasteiger partial charge >= 0.3 is 0 Å². The normalized spacial score (nSPS) is 19.3. The van der Waals surface area contributed by atoms with E-state index < -0.39 is 5.60 Å². The van der Waals surface area contributed by atoms with Crippen molar-refractivity contribution >= 4 is 0 Å². The molecule has 0 atom stereocenters. The van der Waals surface area contributed by atoms with Crippen molar-refractivity contribution in [1.29, 1.82) is 0 Å². The van der Waals surface area contributed by atoms with Crippen LogP contribution in [0.5, 0.6) is 0 Å². The van der Waals surface area contributed by atoms with Gasteiger partial charge in [-0.05, 0) is 32.1 Å². The van der Waals surface area contributed by atoms with E-state index in [1.165, 1.54) is 6.42 Å². The van der Waals surface area contributed by atoms with E-state index in [4.69, 9.17) is 4.74 Å². The molecule has 86 valence electrons. The van der Waals surface area contributed by atoms with Gasteiger partial charge in [0.05, 0.1) is 0 Å². The smallest absolute Gasteiger partial charge is 0.125 e. The highest BCUT2D eigenvalue weighted by Crippen LogP contribution is 2.26. The van der Waals surface area contributed by atoms with Gasteiger partial charge in [-0.2, -0.15) is 0 Å². The summed E-state index contributed by atoms with van der Waals surface area (Å²) in [4.78, 5) is 0. The van der Waals surface area contributed by atoms with Crippen LogP contribution in [0.15, 0.2) is 0 Å². The fourth-order valence-electron chi connectivity index (χ4n) is 1.83. The Morgan fingerprint density at radius 1 is 1.27 bits per heavy atom. The van der Waals surface area contributed by atoms with Gasteiger partial charge in [0.2, 0.25) is 0 Å². The first-order valence-electron chi connectivity index (χ1n) is 6.07. The highest BCUT2D eigenvalue weighted by atomic mass is 16.5. The van der Waals surface area contributed by atoms with Crippen LogP contribution in [0.2, 0.25) is 0 Å². The van der Waals surface area contributed by atoms with Crippen molar-refractivity contribution < 1.29 is 9.84 Å². The maximum Gasteiger partial charge on any atom is 0.125 e. The summed E-state index contributed by atoms with van der Waals surface area (Å²) in [5.74, 6) is 5.89. The third-order valence-corrected chi connectivity index (χ3v) is 2.82. The van der Waals surface area contributed by atoms with Crippen molar-refractivity contribution in [3.05, 3.63) is 0 Å². The number of unbranched alkanes of at least 4 members (excludes halogenated alkanes) is 1. The summed E-state index contributed by atoms with van der Waals surface area (Å²) in [6.45, 7) is 3.38. The number of aliphatic hydroxyl groups is 1. The van der Waals surface area contributed by atoms with Crippen molar-refractivity contribution in [2.24, 2.45) is 0 Å². The number of hydrogen-bond donors (Lipinski definition) is 1. The summed E-state index contributed by atoms with van der Waals surface area (Å²) in [7, 11) is 0. The maximum absolute atomic E-state index is 10.0. The predicted molar refractivity (Wildman–Crippen MR) is 61.5 cm³/mol. The van der Waals surface area contributed by atoms with Crippen LogP contribution in [-0.2, 0) is 4.74 Å². The summed E-state index contributed by atoms with van der Waals surface area (Å²) in [6, 6.07) is 0. The molecule has 0 aliphatic heterocycles. The molecule has 1 fully saturated rings. The van der Waals surface area contributed by atoms with Gasteiger partial charge in [0, 0.05) is 6.61 Å². The first-order chi connectivity index (χ1) is 7.27. The van der Waals surface area contributed by atoms with Gasteiger partial charge in [0.25, 0.3) is 0 Å². The second kappa shape index (κ2) is 6.87. The molecule has 0 spiro atoms. The van der Waals surface area contributed by atoms with Crippen LogP contribution in [0.25, 0.3) is 0 Å². The molecule has 1 rings (SSSR count).